The standard InChI is InChI=1S/C21H13F5N4O2/c22-12-4-3-11(15(23)6-12)9-30-10-29-19(31)13-7-18(16(27)8-17(13)30)32-20-14(21(24,25)26)2-1-5-28-20/h1-8,10H,9,27H2. The Bertz CT molecular complexity index is 1390. The van der Waals surface area contributed by atoms with Gasteiger partial charge in [-0.05, 0) is 30.3 Å². The van der Waals surface area contributed by atoms with Crippen LogP contribution in [0.1, 0.15) is 11.1 Å². The van der Waals surface area contributed by atoms with Crippen molar-refractivity contribution in [1.29, 1.82) is 0 Å². The largest absolute Gasteiger partial charge is 0.436 e. The van der Waals surface area contributed by atoms with Crippen molar-refractivity contribution in [2.45, 2.75) is 12.7 Å². The van der Waals surface area contributed by atoms with E-state index in [1.807, 2.05) is 0 Å². The van der Waals surface area contributed by atoms with Gasteiger partial charge in [0.15, 0.2) is 5.75 Å². The van der Waals surface area contributed by atoms with Crippen LogP contribution >= 0.6 is 0 Å². The first-order valence-corrected chi connectivity index (χ1v) is 9.06. The fourth-order valence-corrected chi connectivity index (χ4v) is 3.09. The van der Waals surface area contributed by atoms with Gasteiger partial charge in [0, 0.05) is 17.8 Å². The van der Waals surface area contributed by atoms with E-state index < -0.39 is 34.8 Å². The minimum Gasteiger partial charge on any atom is -0.436 e. The Kier molecular flexibility index (Phi) is 5.25. The molecule has 4 aromatic rings. The number of rotatable bonds is 4. The molecule has 0 radical (unpaired) electrons. The Hall–Kier alpha value is -4.02. The second-order valence-corrected chi connectivity index (χ2v) is 6.78. The van der Waals surface area contributed by atoms with Crippen molar-refractivity contribution in [2.75, 3.05) is 5.73 Å². The van der Waals surface area contributed by atoms with E-state index in [1.165, 1.54) is 16.7 Å². The lowest BCUT2D eigenvalue weighted by Crippen LogP contribution is -2.14. The number of nitrogens with zero attached hydrogens (tertiary/aromatic N) is 3. The predicted molar refractivity (Wildman–Crippen MR) is 105 cm³/mol. The van der Waals surface area contributed by atoms with Crippen LogP contribution in [0.25, 0.3) is 10.9 Å². The Labute approximate surface area is 176 Å². The fourth-order valence-electron chi connectivity index (χ4n) is 3.09. The van der Waals surface area contributed by atoms with E-state index in [0.717, 1.165) is 42.9 Å². The van der Waals surface area contributed by atoms with Crippen LogP contribution in [0, 0.1) is 11.6 Å². The Balaban J connectivity index is 1.78. The highest BCUT2D eigenvalue weighted by Crippen LogP contribution is 2.38. The van der Waals surface area contributed by atoms with Crippen molar-refractivity contribution in [3.8, 4) is 11.6 Å². The van der Waals surface area contributed by atoms with Crippen molar-refractivity contribution in [2.24, 2.45) is 0 Å². The summed E-state index contributed by atoms with van der Waals surface area (Å²) in [5, 5.41) is -0.0243. The van der Waals surface area contributed by atoms with Gasteiger partial charge < -0.3 is 15.0 Å². The zero-order chi connectivity index (χ0) is 23.0. The second-order valence-electron chi connectivity index (χ2n) is 6.78. The maximum atomic E-state index is 14.1. The molecule has 0 saturated carbocycles. The van der Waals surface area contributed by atoms with E-state index in [-0.39, 0.29) is 34.4 Å². The SMILES string of the molecule is Nc1cc2c(cc1Oc1ncccc1C(F)(F)F)c(=O)ncn2Cc1ccc(F)cc1F. The van der Waals surface area contributed by atoms with Gasteiger partial charge in [-0.3, -0.25) is 4.79 Å². The summed E-state index contributed by atoms with van der Waals surface area (Å²) in [5.74, 6) is -2.50. The van der Waals surface area contributed by atoms with Crippen molar-refractivity contribution in [1.82, 2.24) is 14.5 Å². The highest BCUT2D eigenvalue weighted by Gasteiger charge is 2.35. The number of hydrogen-bond donors (Lipinski definition) is 1. The molecule has 11 heteroatoms. The Morgan fingerprint density at radius 2 is 1.84 bits per heavy atom. The number of halogens is 5. The summed E-state index contributed by atoms with van der Waals surface area (Å²) < 4.78 is 73.6. The number of anilines is 1. The molecule has 164 valence electrons. The lowest BCUT2D eigenvalue weighted by atomic mass is 10.1. The summed E-state index contributed by atoms with van der Waals surface area (Å²) in [4.78, 5) is 19.6. The molecule has 0 spiro atoms. The molecule has 0 amide bonds. The first kappa shape index (κ1) is 21.2. The number of nitrogen functional groups attached to an aromatic ring is 1. The normalized spacial score (nSPS) is 11.7. The monoisotopic (exact) mass is 448 g/mol. The van der Waals surface area contributed by atoms with Gasteiger partial charge in [-0.1, -0.05) is 6.07 Å². The number of hydrogen-bond acceptors (Lipinski definition) is 5. The number of benzene rings is 2. The predicted octanol–water partition coefficient (Wildman–Crippen LogP) is 4.51. The van der Waals surface area contributed by atoms with E-state index in [9.17, 15) is 26.7 Å². The summed E-state index contributed by atoms with van der Waals surface area (Å²) in [7, 11) is 0. The van der Waals surface area contributed by atoms with Gasteiger partial charge in [0.05, 0.1) is 29.5 Å². The highest BCUT2D eigenvalue weighted by atomic mass is 19.4. The fraction of sp³-hybridized carbons (Fsp3) is 0.0952. The van der Waals surface area contributed by atoms with Crippen molar-refractivity contribution >= 4 is 16.6 Å². The topological polar surface area (TPSA) is 83.0 Å². The van der Waals surface area contributed by atoms with E-state index in [1.54, 1.807) is 0 Å². The van der Waals surface area contributed by atoms with Crippen LogP contribution in [-0.4, -0.2) is 14.5 Å². The van der Waals surface area contributed by atoms with Crippen molar-refractivity contribution < 1.29 is 26.7 Å². The maximum absolute atomic E-state index is 14.1. The first-order chi connectivity index (χ1) is 15.1. The zero-order valence-corrected chi connectivity index (χ0v) is 16.0. The van der Waals surface area contributed by atoms with Crippen LogP contribution in [0.4, 0.5) is 27.6 Å². The summed E-state index contributed by atoms with van der Waals surface area (Å²) in [5.41, 5.74) is 4.42. The molecule has 32 heavy (non-hydrogen) atoms. The van der Waals surface area contributed by atoms with Crippen LogP contribution in [0.3, 0.4) is 0 Å². The number of fused-ring (bicyclic) bond motifs is 1. The molecule has 0 bridgehead atoms. The molecule has 2 N–H and O–H groups in total. The van der Waals surface area contributed by atoms with E-state index in [2.05, 4.69) is 9.97 Å². The quantitative estimate of drug-likeness (QED) is 0.367. The first-order valence-electron chi connectivity index (χ1n) is 9.06. The third kappa shape index (κ3) is 4.09. The van der Waals surface area contributed by atoms with E-state index >= 15 is 0 Å². The third-order valence-corrected chi connectivity index (χ3v) is 4.62. The van der Waals surface area contributed by atoms with E-state index in [0.29, 0.717) is 0 Å². The molecule has 2 aromatic carbocycles. The molecule has 6 nitrogen and oxygen atoms in total. The van der Waals surface area contributed by atoms with Gasteiger partial charge in [-0.2, -0.15) is 18.2 Å². The number of nitrogens with two attached hydrogens (primary N) is 1. The molecule has 0 saturated heterocycles. The summed E-state index contributed by atoms with van der Waals surface area (Å²) in [6.07, 6.45) is -2.44. The number of ether oxygens (including phenoxy) is 1. The minimum absolute atomic E-state index is 0.0243. The molecule has 0 fully saturated rings. The molecule has 0 aliphatic heterocycles. The van der Waals surface area contributed by atoms with Gasteiger partial charge >= 0.3 is 6.18 Å². The number of alkyl halides is 3. The molecule has 2 aromatic heterocycles. The zero-order valence-electron chi connectivity index (χ0n) is 16.0. The van der Waals surface area contributed by atoms with Gasteiger partial charge in [-0.25, -0.2) is 13.8 Å². The summed E-state index contributed by atoms with van der Waals surface area (Å²) in [6, 6.07) is 7.40. The molecular formula is C21H13F5N4O2. The highest BCUT2D eigenvalue weighted by molar-refractivity contribution is 5.85. The second kappa shape index (κ2) is 7.91. The minimum atomic E-state index is -4.72. The van der Waals surface area contributed by atoms with Crippen LogP contribution in [0.5, 0.6) is 11.6 Å². The third-order valence-electron chi connectivity index (χ3n) is 4.62. The van der Waals surface area contributed by atoms with Crippen LogP contribution in [0.15, 0.2) is 59.8 Å². The lowest BCUT2D eigenvalue weighted by Gasteiger charge is -2.15. The maximum Gasteiger partial charge on any atom is 0.421 e. The average Bonchev–Trinajstić information content (AvgIpc) is 2.72. The summed E-state index contributed by atoms with van der Waals surface area (Å²) >= 11 is 0. The van der Waals surface area contributed by atoms with E-state index in [4.69, 9.17) is 10.5 Å². The number of aromatic nitrogens is 3. The molecular weight excluding hydrogens is 435 g/mol. The molecule has 2 heterocycles. The van der Waals surface area contributed by atoms with Gasteiger partial charge in [-0.15, -0.1) is 0 Å². The van der Waals surface area contributed by atoms with Crippen LogP contribution < -0.4 is 16.0 Å². The average molecular weight is 448 g/mol. The molecule has 0 atom stereocenters. The molecule has 0 aliphatic carbocycles. The van der Waals surface area contributed by atoms with Crippen LogP contribution in [0.2, 0.25) is 0 Å². The van der Waals surface area contributed by atoms with Crippen molar-refractivity contribution in [3.05, 3.63) is 88.1 Å². The Morgan fingerprint density at radius 1 is 1.06 bits per heavy atom. The summed E-state index contributed by atoms with van der Waals surface area (Å²) in [6.45, 7) is -0.103. The van der Waals surface area contributed by atoms with Gasteiger partial charge in [0.1, 0.15) is 17.2 Å². The van der Waals surface area contributed by atoms with Gasteiger partial charge in [0.2, 0.25) is 5.88 Å². The van der Waals surface area contributed by atoms with Gasteiger partial charge in [0.25, 0.3) is 5.56 Å². The Morgan fingerprint density at radius 3 is 2.56 bits per heavy atom. The number of pyridine rings is 1. The molecule has 0 aliphatic rings. The molecule has 4 rings (SSSR count). The molecule has 0 unspecified atom stereocenters. The lowest BCUT2D eigenvalue weighted by molar-refractivity contribution is -0.138. The van der Waals surface area contributed by atoms with Crippen LogP contribution in [-0.2, 0) is 12.7 Å². The van der Waals surface area contributed by atoms with Crippen molar-refractivity contribution in [3.63, 3.8) is 0 Å². The smallest absolute Gasteiger partial charge is 0.421 e.